The van der Waals surface area contributed by atoms with Crippen LogP contribution in [-0.2, 0) is 17.6 Å². The number of carbonyl (C=O) groups is 1. The van der Waals surface area contributed by atoms with Crippen molar-refractivity contribution in [3.63, 3.8) is 0 Å². The number of rotatable bonds is 8. The molecule has 9 nitrogen and oxygen atoms in total. The summed E-state index contributed by atoms with van der Waals surface area (Å²) in [4.78, 5) is 25.6. The molecule has 1 aliphatic heterocycles. The summed E-state index contributed by atoms with van der Waals surface area (Å²) in [6, 6.07) is 14.4. The first kappa shape index (κ1) is 34.7. The van der Waals surface area contributed by atoms with Crippen LogP contribution in [0.1, 0.15) is 51.3 Å². The number of carboxylic acids is 1. The second-order valence-corrected chi connectivity index (χ2v) is 11.9. The zero-order valence-electron chi connectivity index (χ0n) is 27.8. The van der Waals surface area contributed by atoms with Gasteiger partial charge in [-0.3, -0.25) is 9.78 Å². The van der Waals surface area contributed by atoms with Gasteiger partial charge in [0.05, 0.1) is 42.9 Å². The van der Waals surface area contributed by atoms with Crippen LogP contribution in [0.25, 0.3) is 43.9 Å². The van der Waals surface area contributed by atoms with Crippen LogP contribution in [0.5, 0.6) is 17.6 Å². The summed E-state index contributed by atoms with van der Waals surface area (Å²) in [6.07, 6.45) is 12.2. The maximum atomic E-state index is 12.0. The van der Waals surface area contributed by atoms with Crippen molar-refractivity contribution in [2.24, 2.45) is 0 Å². The molecule has 0 unspecified atom stereocenters. The highest BCUT2D eigenvalue weighted by atomic mass is 16.5. The smallest absolute Gasteiger partial charge is 0.319 e. The second kappa shape index (κ2) is 14.9. The quantitative estimate of drug-likeness (QED) is 0.170. The average Bonchev–Trinajstić information content (AvgIpc) is 3.03. The molecule has 3 heterocycles. The van der Waals surface area contributed by atoms with Crippen LogP contribution in [-0.4, -0.2) is 56.6 Å². The SMILES string of the molecule is C#C.CC(C)(C)O.CCOc1ncc(-c2ccc3c(-c4ccc5c6c(ccnc46)CCO5)c(CC(=O)O)c(C)cc3c2)c(OCC)n1. The summed E-state index contributed by atoms with van der Waals surface area (Å²) >= 11 is 0. The van der Waals surface area contributed by atoms with E-state index in [9.17, 15) is 9.90 Å². The number of aryl methyl sites for hydroxylation is 1. The van der Waals surface area contributed by atoms with Crippen molar-refractivity contribution in [2.45, 2.75) is 60.0 Å². The number of aromatic nitrogens is 3. The molecule has 0 spiro atoms. The molecule has 2 N–H and O–H groups in total. The molecule has 5 aromatic rings. The van der Waals surface area contributed by atoms with E-state index < -0.39 is 11.6 Å². The molecule has 244 valence electrons. The maximum absolute atomic E-state index is 12.0. The number of fused-ring (bicyclic) bond motifs is 1. The number of nitrogens with zero attached hydrogens (tertiary/aromatic N) is 3. The summed E-state index contributed by atoms with van der Waals surface area (Å²) in [5.74, 6) is 0.380. The minimum atomic E-state index is -0.882. The zero-order valence-corrected chi connectivity index (χ0v) is 27.8. The van der Waals surface area contributed by atoms with Crippen LogP contribution in [0.4, 0.5) is 0 Å². The van der Waals surface area contributed by atoms with Crippen molar-refractivity contribution >= 4 is 27.6 Å². The molecule has 6 rings (SSSR count). The Balaban J connectivity index is 0.000000655. The fourth-order valence-corrected chi connectivity index (χ4v) is 5.54. The third-order valence-electron chi connectivity index (χ3n) is 7.23. The summed E-state index contributed by atoms with van der Waals surface area (Å²) in [5.41, 5.74) is 6.57. The minimum absolute atomic E-state index is 0.0977. The molecule has 0 saturated heterocycles. The van der Waals surface area contributed by atoms with Gasteiger partial charge in [0.25, 0.3) is 0 Å². The summed E-state index contributed by atoms with van der Waals surface area (Å²) < 4.78 is 17.3. The molecule has 0 aliphatic carbocycles. The number of ether oxygens (including phenoxy) is 3. The first-order valence-corrected chi connectivity index (χ1v) is 15.5. The molecule has 2 aromatic heterocycles. The lowest BCUT2D eigenvalue weighted by atomic mass is 9.86. The van der Waals surface area contributed by atoms with E-state index in [4.69, 9.17) is 24.3 Å². The Morgan fingerprint density at radius 1 is 1.00 bits per heavy atom. The van der Waals surface area contributed by atoms with Gasteiger partial charge >= 0.3 is 12.0 Å². The first-order chi connectivity index (χ1) is 22.5. The summed E-state index contributed by atoms with van der Waals surface area (Å²) in [5, 5.41) is 21.3. The van der Waals surface area contributed by atoms with Crippen LogP contribution in [0.15, 0.2) is 54.9 Å². The monoisotopic (exact) mass is 635 g/mol. The molecule has 0 bridgehead atoms. The predicted molar refractivity (Wildman–Crippen MR) is 185 cm³/mol. The van der Waals surface area contributed by atoms with E-state index in [-0.39, 0.29) is 12.4 Å². The highest BCUT2D eigenvalue weighted by molar-refractivity contribution is 6.09. The predicted octanol–water partition coefficient (Wildman–Crippen LogP) is 7.21. The molecule has 0 fully saturated rings. The van der Waals surface area contributed by atoms with Gasteiger partial charge in [-0.15, -0.1) is 12.8 Å². The van der Waals surface area contributed by atoms with Gasteiger partial charge in [-0.1, -0.05) is 18.2 Å². The number of hydrogen-bond acceptors (Lipinski definition) is 8. The fourth-order valence-electron chi connectivity index (χ4n) is 5.54. The van der Waals surface area contributed by atoms with E-state index in [1.54, 1.807) is 27.0 Å². The number of carboxylic acid groups (broad SMARTS) is 1. The molecule has 1 aliphatic rings. The molecule has 0 atom stereocenters. The van der Waals surface area contributed by atoms with Crippen LogP contribution < -0.4 is 14.2 Å². The number of benzene rings is 3. The molecule has 3 aromatic carbocycles. The van der Waals surface area contributed by atoms with Crippen molar-refractivity contribution < 1.29 is 29.2 Å². The van der Waals surface area contributed by atoms with Crippen LogP contribution >= 0.6 is 0 Å². The Kier molecular flexibility index (Phi) is 11.0. The normalized spacial score (nSPS) is 11.9. The Hall–Kier alpha value is -5.20. The number of aliphatic carboxylic acids is 1. The summed E-state index contributed by atoms with van der Waals surface area (Å²) in [6.45, 7) is 12.5. The lowest BCUT2D eigenvalue weighted by molar-refractivity contribution is -0.136. The summed E-state index contributed by atoms with van der Waals surface area (Å²) in [7, 11) is 0. The first-order valence-electron chi connectivity index (χ1n) is 15.5. The van der Waals surface area contributed by atoms with Gasteiger partial charge < -0.3 is 24.4 Å². The molecular weight excluding hydrogens is 594 g/mol. The number of aliphatic hydroxyl groups is 1. The van der Waals surface area contributed by atoms with E-state index in [1.165, 1.54) is 5.56 Å². The highest BCUT2D eigenvalue weighted by Gasteiger charge is 2.23. The van der Waals surface area contributed by atoms with Gasteiger partial charge in [-0.25, -0.2) is 4.98 Å². The lowest BCUT2D eigenvalue weighted by Gasteiger charge is -2.22. The van der Waals surface area contributed by atoms with E-state index in [2.05, 4.69) is 28.9 Å². The molecular formula is C38H41N3O6. The Morgan fingerprint density at radius 2 is 1.72 bits per heavy atom. The van der Waals surface area contributed by atoms with E-state index in [0.29, 0.717) is 25.7 Å². The van der Waals surface area contributed by atoms with E-state index in [1.807, 2.05) is 63.4 Å². The second-order valence-electron chi connectivity index (χ2n) is 11.9. The van der Waals surface area contributed by atoms with Gasteiger partial charge in [0, 0.05) is 29.8 Å². The lowest BCUT2D eigenvalue weighted by Crippen LogP contribution is -2.10. The third kappa shape index (κ3) is 7.97. The maximum Gasteiger partial charge on any atom is 0.319 e. The van der Waals surface area contributed by atoms with Crippen molar-refractivity contribution in [2.75, 3.05) is 19.8 Å². The van der Waals surface area contributed by atoms with E-state index in [0.717, 1.165) is 67.2 Å². The molecule has 0 saturated carbocycles. The van der Waals surface area contributed by atoms with Crippen molar-refractivity contribution in [1.82, 2.24) is 15.0 Å². The van der Waals surface area contributed by atoms with Gasteiger partial charge in [0.2, 0.25) is 5.88 Å². The minimum Gasteiger partial charge on any atom is -0.493 e. The third-order valence-corrected chi connectivity index (χ3v) is 7.23. The van der Waals surface area contributed by atoms with Crippen LogP contribution in [0, 0.1) is 19.8 Å². The van der Waals surface area contributed by atoms with Gasteiger partial charge in [0.15, 0.2) is 0 Å². The van der Waals surface area contributed by atoms with Crippen molar-refractivity contribution in [3.8, 4) is 52.7 Å². The fraction of sp³-hybridized carbons (Fsp3) is 0.316. The molecule has 0 radical (unpaired) electrons. The van der Waals surface area contributed by atoms with Gasteiger partial charge in [-0.2, -0.15) is 4.98 Å². The molecule has 0 amide bonds. The standard InChI is InChI=1S/C32H29N3O5.C4H10O.C2H2/c1-4-38-31-25(17-34-32(35-31)39-5-2)20-6-7-22-21(15-20)14-18(3)24(16-27(36)37)29(22)23-8-9-26-28-19(11-13-40-26)10-12-33-30(23)28;1-4(2,3)5;1-2/h6-10,12,14-15,17H,4-5,11,13,16H2,1-3H3,(H,36,37);5H,1-3H3;1-2H. The topological polar surface area (TPSA) is 124 Å². The van der Waals surface area contributed by atoms with Gasteiger partial charge in [-0.05, 0) is 104 Å². The number of hydrogen-bond donors (Lipinski definition) is 2. The number of pyridine rings is 1. The van der Waals surface area contributed by atoms with Crippen molar-refractivity contribution in [1.29, 1.82) is 0 Å². The molecule has 47 heavy (non-hydrogen) atoms. The average molecular weight is 636 g/mol. The largest absolute Gasteiger partial charge is 0.493 e. The molecule has 9 heteroatoms. The highest BCUT2D eigenvalue weighted by Crippen LogP contribution is 2.43. The van der Waals surface area contributed by atoms with Crippen molar-refractivity contribution in [3.05, 3.63) is 71.5 Å². The van der Waals surface area contributed by atoms with Gasteiger partial charge in [0.1, 0.15) is 5.75 Å². The zero-order chi connectivity index (χ0) is 34.3. The Morgan fingerprint density at radius 3 is 2.40 bits per heavy atom. The Bertz CT molecular complexity index is 1910. The number of terminal acetylenes is 1. The van der Waals surface area contributed by atoms with Crippen LogP contribution in [0.2, 0.25) is 0 Å². The van der Waals surface area contributed by atoms with E-state index >= 15 is 0 Å². The van der Waals surface area contributed by atoms with Crippen LogP contribution in [0.3, 0.4) is 0 Å². The Labute approximate surface area is 275 Å².